The van der Waals surface area contributed by atoms with Crippen molar-refractivity contribution in [3.63, 3.8) is 0 Å². The summed E-state index contributed by atoms with van der Waals surface area (Å²) in [6, 6.07) is 7.23. The monoisotopic (exact) mass is 263 g/mol. The van der Waals surface area contributed by atoms with Crippen LogP contribution in [0.15, 0.2) is 22.8 Å². The van der Waals surface area contributed by atoms with E-state index < -0.39 is 0 Å². The zero-order valence-corrected chi connectivity index (χ0v) is 9.43. The van der Waals surface area contributed by atoms with Gasteiger partial charge in [-0.3, -0.25) is 0 Å². The number of aromatic nitrogens is 4. The van der Waals surface area contributed by atoms with Gasteiger partial charge < -0.3 is 0 Å². The van der Waals surface area contributed by atoms with Gasteiger partial charge in [0.15, 0.2) is 11.5 Å². The number of hydrogen-bond acceptors (Lipinski definition) is 4. The first-order valence-corrected chi connectivity index (χ1v) is 4.96. The van der Waals surface area contributed by atoms with E-state index in [9.17, 15) is 0 Å². The van der Waals surface area contributed by atoms with Crippen LogP contribution in [-0.2, 0) is 0 Å². The van der Waals surface area contributed by atoms with Gasteiger partial charge in [-0.25, -0.2) is 4.68 Å². The SMILES string of the molecule is Cc1cc(C#N)nn1-c1ccc(Br)nn1. The third kappa shape index (κ3) is 1.87. The molecular weight excluding hydrogens is 258 g/mol. The molecule has 0 atom stereocenters. The highest BCUT2D eigenvalue weighted by Crippen LogP contribution is 2.10. The van der Waals surface area contributed by atoms with Gasteiger partial charge in [0.1, 0.15) is 10.7 Å². The largest absolute Gasteiger partial charge is 0.217 e. The first-order chi connectivity index (χ1) is 7.20. The lowest BCUT2D eigenvalue weighted by atomic mass is 10.4. The molecule has 0 N–H and O–H groups in total. The second-order valence-corrected chi connectivity index (χ2v) is 3.72. The topological polar surface area (TPSA) is 67.4 Å². The molecule has 0 aliphatic carbocycles. The Balaban J connectivity index is 2.50. The van der Waals surface area contributed by atoms with Crippen molar-refractivity contribution in [1.82, 2.24) is 20.0 Å². The summed E-state index contributed by atoms with van der Waals surface area (Å²) in [5.41, 5.74) is 1.22. The summed E-state index contributed by atoms with van der Waals surface area (Å²) in [7, 11) is 0. The third-order valence-electron chi connectivity index (χ3n) is 1.84. The maximum Gasteiger partial charge on any atom is 0.176 e. The van der Waals surface area contributed by atoms with Crippen molar-refractivity contribution in [2.75, 3.05) is 0 Å². The van der Waals surface area contributed by atoms with E-state index in [0.717, 1.165) is 5.69 Å². The molecule has 74 valence electrons. The standard InChI is InChI=1S/C9H6BrN5/c1-6-4-7(5-11)14-15(6)9-3-2-8(10)12-13-9/h2-4H,1H3. The van der Waals surface area contributed by atoms with Gasteiger partial charge in [-0.1, -0.05) is 0 Å². The van der Waals surface area contributed by atoms with E-state index in [-0.39, 0.29) is 0 Å². The maximum absolute atomic E-state index is 8.70. The number of aryl methyl sites for hydroxylation is 1. The van der Waals surface area contributed by atoms with Gasteiger partial charge in [0.05, 0.1) is 0 Å². The number of nitrogens with zero attached hydrogens (tertiary/aromatic N) is 5. The van der Waals surface area contributed by atoms with Gasteiger partial charge in [0.25, 0.3) is 0 Å². The van der Waals surface area contributed by atoms with Crippen LogP contribution in [0, 0.1) is 18.3 Å². The molecule has 6 heteroatoms. The molecule has 0 radical (unpaired) electrons. The Kier molecular flexibility index (Phi) is 2.47. The summed E-state index contributed by atoms with van der Waals surface area (Å²) in [4.78, 5) is 0. The predicted molar refractivity (Wildman–Crippen MR) is 56.3 cm³/mol. The fraction of sp³-hybridized carbons (Fsp3) is 0.111. The molecular formula is C9H6BrN5. The molecule has 0 amide bonds. The summed E-state index contributed by atoms with van der Waals surface area (Å²) in [6.07, 6.45) is 0. The molecule has 2 heterocycles. The van der Waals surface area contributed by atoms with Gasteiger partial charge in [0.2, 0.25) is 0 Å². The summed E-state index contributed by atoms with van der Waals surface area (Å²) >= 11 is 3.20. The quantitative estimate of drug-likeness (QED) is 0.784. The number of hydrogen-bond donors (Lipinski definition) is 0. The van der Waals surface area contributed by atoms with Crippen LogP contribution in [0.3, 0.4) is 0 Å². The molecule has 0 saturated heterocycles. The Morgan fingerprint density at radius 3 is 2.73 bits per heavy atom. The van der Waals surface area contributed by atoms with Gasteiger partial charge >= 0.3 is 0 Å². The van der Waals surface area contributed by atoms with E-state index in [1.165, 1.54) is 0 Å². The van der Waals surface area contributed by atoms with Crippen LogP contribution in [0.5, 0.6) is 0 Å². The van der Waals surface area contributed by atoms with E-state index in [4.69, 9.17) is 5.26 Å². The molecule has 0 aromatic carbocycles. The lowest BCUT2D eigenvalue weighted by Crippen LogP contribution is -2.02. The highest BCUT2D eigenvalue weighted by Gasteiger charge is 2.06. The third-order valence-corrected chi connectivity index (χ3v) is 2.26. The molecule has 0 aliphatic rings. The van der Waals surface area contributed by atoms with E-state index >= 15 is 0 Å². The second-order valence-electron chi connectivity index (χ2n) is 2.91. The second kappa shape index (κ2) is 3.79. The minimum atomic E-state index is 0.372. The zero-order valence-electron chi connectivity index (χ0n) is 7.85. The van der Waals surface area contributed by atoms with Crippen LogP contribution in [0.4, 0.5) is 0 Å². The van der Waals surface area contributed by atoms with Gasteiger partial charge in [-0.2, -0.15) is 10.4 Å². The molecule has 0 bridgehead atoms. The smallest absolute Gasteiger partial charge is 0.176 e. The van der Waals surface area contributed by atoms with Crippen molar-refractivity contribution in [1.29, 1.82) is 5.26 Å². The Hall–Kier alpha value is -1.74. The van der Waals surface area contributed by atoms with Gasteiger partial charge in [0, 0.05) is 5.69 Å². The first-order valence-electron chi connectivity index (χ1n) is 4.17. The van der Waals surface area contributed by atoms with Crippen molar-refractivity contribution in [2.45, 2.75) is 6.92 Å². The number of nitriles is 1. The highest BCUT2D eigenvalue weighted by atomic mass is 79.9. The molecule has 5 nitrogen and oxygen atoms in total. The summed E-state index contributed by atoms with van der Waals surface area (Å²) < 4.78 is 2.24. The maximum atomic E-state index is 8.70. The fourth-order valence-electron chi connectivity index (χ4n) is 1.18. The van der Waals surface area contributed by atoms with Crippen molar-refractivity contribution in [3.05, 3.63) is 34.2 Å². The molecule has 0 fully saturated rings. The molecule has 0 unspecified atom stereocenters. The number of rotatable bonds is 1. The minimum Gasteiger partial charge on any atom is -0.217 e. The van der Waals surface area contributed by atoms with E-state index in [1.807, 2.05) is 13.0 Å². The molecule has 0 saturated carbocycles. The Morgan fingerprint density at radius 1 is 1.40 bits per heavy atom. The van der Waals surface area contributed by atoms with E-state index in [0.29, 0.717) is 16.1 Å². The normalized spacial score (nSPS) is 9.93. The first kappa shape index (κ1) is 9.80. The fourth-order valence-corrected chi connectivity index (χ4v) is 1.39. The zero-order chi connectivity index (χ0) is 10.8. The highest BCUT2D eigenvalue weighted by molar-refractivity contribution is 9.10. The van der Waals surface area contributed by atoms with E-state index in [1.54, 1.807) is 22.9 Å². The van der Waals surface area contributed by atoms with Crippen molar-refractivity contribution in [2.24, 2.45) is 0 Å². The van der Waals surface area contributed by atoms with E-state index in [2.05, 4.69) is 31.2 Å². The van der Waals surface area contributed by atoms with Crippen LogP contribution in [0.25, 0.3) is 5.82 Å². The molecule has 2 rings (SSSR count). The van der Waals surface area contributed by atoms with Crippen molar-refractivity contribution in [3.8, 4) is 11.9 Å². The predicted octanol–water partition coefficient (Wildman–Crippen LogP) is 1.60. The Labute approximate surface area is 94.5 Å². The lowest BCUT2D eigenvalue weighted by Gasteiger charge is -2.00. The van der Waals surface area contributed by atoms with Crippen molar-refractivity contribution < 1.29 is 0 Å². The van der Waals surface area contributed by atoms with Crippen LogP contribution in [0.2, 0.25) is 0 Å². The molecule has 2 aromatic heterocycles. The van der Waals surface area contributed by atoms with Crippen LogP contribution in [-0.4, -0.2) is 20.0 Å². The van der Waals surface area contributed by atoms with Crippen LogP contribution in [0.1, 0.15) is 11.4 Å². The average Bonchev–Trinajstić information content (AvgIpc) is 2.61. The van der Waals surface area contributed by atoms with Crippen molar-refractivity contribution >= 4 is 15.9 Å². The van der Waals surface area contributed by atoms with Crippen LogP contribution < -0.4 is 0 Å². The van der Waals surface area contributed by atoms with Gasteiger partial charge in [-0.15, -0.1) is 10.2 Å². The van der Waals surface area contributed by atoms with Gasteiger partial charge in [-0.05, 0) is 41.1 Å². The molecule has 2 aromatic rings. The summed E-state index contributed by atoms with van der Waals surface area (Å²) in [5.74, 6) is 0.595. The average molecular weight is 264 g/mol. The molecule has 0 spiro atoms. The summed E-state index contributed by atoms with van der Waals surface area (Å²) in [5, 5.41) is 20.6. The van der Waals surface area contributed by atoms with Crippen LogP contribution >= 0.6 is 15.9 Å². The lowest BCUT2D eigenvalue weighted by molar-refractivity contribution is 0.783. The minimum absolute atomic E-state index is 0.372. The molecule has 15 heavy (non-hydrogen) atoms. The number of halogens is 1. The molecule has 0 aliphatic heterocycles. The Bertz CT molecular complexity index is 522. The summed E-state index contributed by atoms with van der Waals surface area (Å²) in [6.45, 7) is 1.86. The Morgan fingerprint density at radius 2 is 2.20 bits per heavy atom.